The molecule has 178 valence electrons. The topological polar surface area (TPSA) is 29.5 Å². The van der Waals surface area contributed by atoms with Gasteiger partial charge < -0.3 is 9.84 Å². The van der Waals surface area contributed by atoms with Crippen molar-refractivity contribution in [1.29, 1.82) is 0 Å². The Kier molecular flexibility index (Phi) is 7.37. The van der Waals surface area contributed by atoms with E-state index < -0.39 is 23.3 Å². The molecule has 1 fully saturated rings. The molecule has 0 heterocycles. The van der Waals surface area contributed by atoms with Crippen LogP contribution >= 0.6 is 0 Å². The number of halogens is 4. The summed E-state index contributed by atoms with van der Waals surface area (Å²) < 4.78 is 62.7. The van der Waals surface area contributed by atoms with Crippen molar-refractivity contribution in [1.82, 2.24) is 0 Å². The lowest BCUT2D eigenvalue weighted by Gasteiger charge is -2.27. The van der Waals surface area contributed by atoms with Crippen LogP contribution < -0.4 is 4.74 Å². The van der Waals surface area contributed by atoms with Gasteiger partial charge in [-0.05, 0) is 66.3 Å². The summed E-state index contributed by atoms with van der Waals surface area (Å²) in [6, 6.07) is 12.8. The van der Waals surface area contributed by atoms with E-state index >= 15 is 0 Å². The third-order valence-corrected chi connectivity index (χ3v) is 6.62. The first kappa shape index (κ1) is 24.0. The molecule has 1 N–H and O–H groups in total. The monoisotopic (exact) mass is 470 g/mol. The largest absolute Gasteiger partial charge is 0.494 e. The van der Waals surface area contributed by atoms with E-state index in [-0.39, 0.29) is 35.3 Å². The van der Waals surface area contributed by atoms with Gasteiger partial charge in [0.15, 0.2) is 23.2 Å². The number of allylic oxidation sites excluding steroid dienone is 1. The second kappa shape index (κ2) is 10.4. The number of benzene rings is 3. The first-order valence-electron chi connectivity index (χ1n) is 11.3. The van der Waals surface area contributed by atoms with Gasteiger partial charge in [-0.25, -0.2) is 13.2 Å². The van der Waals surface area contributed by atoms with Crippen molar-refractivity contribution >= 4 is 6.08 Å². The quantitative estimate of drug-likeness (QED) is 0.381. The third-order valence-electron chi connectivity index (χ3n) is 6.62. The van der Waals surface area contributed by atoms with E-state index in [1.54, 1.807) is 42.5 Å². The standard InChI is InChI=1S/C28H26F4O2/c1-34-24-15-12-21(25(29)28(24)32)11-4-17-2-7-19(8-3-17)22-13-14-23(27(31)26(22)30)20-9-5-18(16-33)6-10-20/h4-6,9-15,17,19,33H,2-3,7-8,16H2,1H3. The van der Waals surface area contributed by atoms with Gasteiger partial charge >= 0.3 is 0 Å². The molecular weight excluding hydrogens is 444 g/mol. The maximum absolute atomic E-state index is 15.0. The Morgan fingerprint density at radius 2 is 1.53 bits per heavy atom. The number of aliphatic hydroxyl groups excluding tert-OH is 1. The predicted octanol–water partition coefficient (Wildman–Crippen LogP) is 7.40. The van der Waals surface area contributed by atoms with Gasteiger partial charge in [0.05, 0.1) is 13.7 Å². The molecule has 3 aromatic rings. The Balaban J connectivity index is 1.43. The minimum Gasteiger partial charge on any atom is -0.494 e. The van der Waals surface area contributed by atoms with Gasteiger partial charge in [-0.3, -0.25) is 0 Å². The summed E-state index contributed by atoms with van der Waals surface area (Å²) in [6.07, 6.45) is 6.26. The molecule has 1 aliphatic carbocycles. The molecule has 34 heavy (non-hydrogen) atoms. The van der Waals surface area contributed by atoms with Crippen molar-refractivity contribution in [3.63, 3.8) is 0 Å². The zero-order valence-corrected chi connectivity index (χ0v) is 18.8. The first-order valence-corrected chi connectivity index (χ1v) is 11.3. The van der Waals surface area contributed by atoms with Crippen molar-refractivity contribution in [2.24, 2.45) is 5.92 Å². The van der Waals surface area contributed by atoms with Crippen molar-refractivity contribution in [2.45, 2.75) is 38.2 Å². The Hall–Kier alpha value is -3.12. The van der Waals surface area contributed by atoms with E-state index in [0.717, 1.165) is 12.8 Å². The summed E-state index contributed by atoms with van der Waals surface area (Å²) in [7, 11) is 1.28. The molecule has 0 amide bonds. The van der Waals surface area contributed by atoms with Crippen LogP contribution in [0.1, 0.15) is 48.3 Å². The van der Waals surface area contributed by atoms with Gasteiger partial charge in [-0.1, -0.05) is 48.6 Å². The third kappa shape index (κ3) is 4.87. The fourth-order valence-corrected chi connectivity index (χ4v) is 4.59. The average Bonchev–Trinajstić information content (AvgIpc) is 2.87. The summed E-state index contributed by atoms with van der Waals surface area (Å²) in [5.74, 6) is -3.74. The molecule has 6 heteroatoms. The van der Waals surface area contributed by atoms with Gasteiger partial charge in [0.1, 0.15) is 0 Å². The number of rotatable bonds is 6. The average molecular weight is 471 g/mol. The summed E-state index contributed by atoms with van der Waals surface area (Å²) in [6.45, 7) is -0.111. The number of aliphatic hydroxyl groups is 1. The van der Waals surface area contributed by atoms with Gasteiger partial charge in [-0.15, -0.1) is 0 Å². The number of hydrogen-bond donors (Lipinski definition) is 1. The Labute approximate surface area is 196 Å². The van der Waals surface area contributed by atoms with E-state index in [9.17, 15) is 17.6 Å². The minimum atomic E-state index is -1.02. The van der Waals surface area contributed by atoms with Crippen molar-refractivity contribution in [3.05, 3.63) is 94.6 Å². The smallest absolute Gasteiger partial charge is 0.201 e. The van der Waals surface area contributed by atoms with Crippen LogP contribution in [0, 0.1) is 29.2 Å². The van der Waals surface area contributed by atoms with Crippen LogP contribution in [-0.2, 0) is 6.61 Å². The maximum atomic E-state index is 15.0. The molecule has 0 atom stereocenters. The van der Waals surface area contributed by atoms with Crippen molar-refractivity contribution in [3.8, 4) is 16.9 Å². The van der Waals surface area contributed by atoms with Crippen molar-refractivity contribution < 1.29 is 27.4 Å². The minimum absolute atomic E-state index is 0.0971. The lowest BCUT2D eigenvalue weighted by molar-refractivity contribution is 0.282. The van der Waals surface area contributed by atoms with Crippen LogP contribution in [0.3, 0.4) is 0 Å². The van der Waals surface area contributed by atoms with Gasteiger partial charge in [0.25, 0.3) is 0 Å². The number of hydrogen-bond acceptors (Lipinski definition) is 2. The van der Waals surface area contributed by atoms with E-state index in [2.05, 4.69) is 0 Å². The highest BCUT2D eigenvalue weighted by Crippen LogP contribution is 2.39. The van der Waals surface area contributed by atoms with E-state index in [4.69, 9.17) is 9.84 Å². The normalized spacial score (nSPS) is 18.4. The molecule has 0 unspecified atom stereocenters. The Bertz CT molecular complexity index is 1180. The van der Waals surface area contributed by atoms with Gasteiger partial charge in [0.2, 0.25) is 5.82 Å². The second-order valence-electron chi connectivity index (χ2n) is 8.64. The molecule has 0 radical (unpaired) electrons. The Morgan fingerprint density at radius 1 is 0.824 bits per heavy atom. The van der Waals surface area contributed by atoms with Crippen LogP contribution in [0.2, 0.25) is 0 Å². The highest BCUT2D eigenvalue weighted by atomic mass is 19.2. The zero-order valence-electron chi connectivity index (χ0n) is 18.8. The summed E-state index contributed by atoms with van der Waals surface area (Å²) in [4.78, 5) is 0. The summed E-state index contributed by atoms with van der Waals surface area (Å²) in [5, 5.41) is 9.16. The molecular formula is C28H26F4O2. The second-order valence-corrected chi connectivity index (χ2v) is 8.64. The van der Waals surface area contributed by atoms with E-state index in [1.165, 1.54) is 19.2 Å². The van der Waals surface area contributed by atoms with Crippen LogP contribution in [-0.4, -0.2) is 12.2 Å². The zero-order chi connectivity index (χ0) is 24.2. The van der Waals surface area contributed by atoms with Gasteiger partial charge in [0, 0.05) is 11.1 Å². The molecule has 4 rings (SSSR count). The molecule has 0 aliphatic heterocycles. The summed E-state index contributed by atoms with van der Waals surface area (Å²) in [5.41, 5.74) is 1.97. The molecule has 0 spiro atoms. The van der Waals surface area contributed by atoms with Gasteiger partial charge in [-0.2, -0.15) is 4.39 Å². The van der Waals surface area contributed by atoms with Crippen LogP contribution in [0.4, 0.5) is 17.6 Å². The molecule has 0 saturated heterocycles. The highest BCUT2D eigenvalue weighted by Gasteiger charge is 2.26. The van der Waals surface area contributed by atoms with Crippen LogP contribution in [0.25, 0.3) is 17.2 Å². The SMILES string of the molecule is COc1ccc(C=CC2CCC(c3ccc(-c4ccc(CO)cc4)c(F)c3F)CC2)c(F)c1F. The molecule has 1 aliphatic rings. The lowest BCUT2D eigenvalue weighted by atomic mass is 9.78. The molecule has 2 nitrogen and oxygen atoms in total. The maximum Gasteiger partial charge on any atom is 0.201 e. The molecule has 1 saturated carbocycles. The van der Waals surface area contributed by atoms with Crippen LogP contribution in [0.5, 0.6) is 5.75 Å². The van der Waals surface area contributed by atoms with Crippen molar-refractivity contribution in [2.75, 3.05) is 7.11 Å². The predicted molar refractivity (Wildman–Crippen MR) is 124 cm³/mol. The van der Waals surface area contributed by atoms with E-state index in [1.807, 2.05) is 6.08 Å². The fourth-order valence-electron chi connectivity index (χ4n) is 4.59. The fraction of sp³-hybridized carbons (Fsp3) is 0.286. The molecule has 0 aromatic heterocycles. The number of methoxy groups -OCH3 is 1. The number of ether oxygens (including phenoxy) is 1. The lowest BCUT2D eigenvalue weighted by Crippen LogP contribution is -2.13. The van der Waals surface area contributed by atoms with Crippen LogP contribution in [0.15, 0.2) is 54.6 Å². The molecule has 3 aromatic carbocycles. The first-order chi connectivity index (χ1) is 16.4. The highest BCUT2D eigenvalue weighted by molar-refractivity contribution is 5.65. The summed E-state index contributed by atoms with van der Waals surface area (Å²) >= 11 is 0. The Morgan fingerprint density at radius 3 is 2.18 bits per heavy atom. The molecule has 0 bridgehead atoms. The van der Waals surface area contributed by atoms with E-state index in [0.29, 0.717) is 29.5 Å².